The van der Waals surface area contributed by atoms with Gasteiger partial charge in [0.15, 0.2) is 0 Å². The molecule has 0 aliphatic carbocycles. The highest BCUT2D eigenvalue weighted by atomic mass is 16.1. The maximum Gasteiger partial charge on any atom is 0.253 e. The Kier molecular flexibility index (Phi) is 4.16. The van der Waals surface area contributed by atoms with E-state index in [1.165, 1.54) is 6.33 Å². The van der Waals surface area contributed by atoms with Crippen molar-refractivity contribution in [1.29, 1.82) is 0 Å². The molecule has 0 aliphatic rings. The van der Waals surface area contributed by atoms with Crippen molar-refractivity contribution in [2.45, 2.75) is 33.7 Å². The van der Waals surface area contributed by atoms with E-state index in [-0.39, 0.29) is 17.9 Å². The summed E-state index contributed by atoms with van der Waals surface area (Å²) in [4.78, 5) is 16.8. The van der Waals surface area contributed by atoms with E-state index in [4.69, 9.17) is 0 Å². The molecule has 0 radical (unpaired) electrons. The van der Waals surface area contributed by atoms with E-state index in [1.807, 2.05) is 38.6 Å². The molecule has 0 bridgehead atoms. The predicted octanol–water partition coefficient (Wildman–Crippen LogP) is 1.90. The minimum atomic E-state index is -0.162. The first kappa shape index (κ1) is 15.3. The molecule has 2 heterocycles. The van der Waals surface area contributed by atoms with Gasteiger partial charge in [0.1, 0.15) is 12.2 Å². The summed E-state index contributed by atoms with van der Waals surface area (Å²) >= 11 is 0. The van der Waals surface area contributed by atoms with Gasteiger partial charge in [0.2, 0.25) is 0 Å². The monoisotopic (exact) mass is 289 g/mol. The maximum absolute atomic E-state index is 12.6. The molecule has 2 aromatic heterocycles. The quantitative estimate of drug-likeness (QED) is 0.935. The summed E-state index contributed by atoms with van der Waals surface area (Å²) in [6, 6.07) is 1.75. The van der Waals surface area contributed by atoms with E-state index in [0.717, 1.165) is 17.2 Å². The molecule has 6 heteroatoms. The second kappa shape index (κ2) is 5.71. The summed E-state index contributed by atoms with van der Waals surface area (Å²) in [6.07, 6.45) is 1.51. The summed E-state index contributed by atoms with van der Waals surface area (Å²) in [5.74, 6) is 0.920. The van der Waals surface area contributed by atoms with Crippen molar-refractivity contribution >= 4 is 5.91 Å². The van der Waals surface area contributed by atoms with Crippen LogP contribution in [0.5, 0.6) is 0 Å². The summed E-state index contributed by atoms with van der Waals surface area (Å²) in [6.45, 7) is 8.06. The standard InChI is InChI=1S/C15H23N5O/c1-9(2)13(14-16-8-17-20(14)6)18-15(21)12-7-10(3)19(5)11(12)4/h7-9,13H,1-6H3,(H,18,21). The Morgan fingerprint density at radius 2 is 1.95 bits per heavy atom. The number of carbonyl (C=O) groups excluding carboxylic acids is 1. The fourth-order valence-corrected chi connectivity index (χ4v) is 2.42. The molecule has 0 saturated heterocycles. The van der Waals surface area contributed by atoms with Gasteiger partial charge < -0.3 is 9.88 Å². The van der Waals surface area contributed by atoms with E-state index < -0.39 is 0 Å². The summed E-state index contributed by atoms with van der Waals surface area (Å²) in [7, 11) is 3.80. The van der Waals surface area contributed by atoms with Crippen molar-refractivity contribution in [2.24, 2.45) is 20.0 Å². The molecule has 2 aromatic rings. The molecule has 0 fully saturated rings. The number of aryl methyl sites for hydroxylation is 2. The van der Waals surface area contributed by atoms with Crippen LogP contribution in [0.15, 0.2) is 12.4 Å². The van der Waals surface area contributed by atoms with Crippen molar-refractivity contribution in [3.05, 3.63) is 35.2 Å². The van der Waals surface area contributed by atoms with Gasteiger partial charge in [-0.05, 0) is 25.8 Å². The molecule has 21 heavy (non-hydrogen) atoms. The van der Waals surface area contributed by atoms with Crippen LogP contribution in [-0.4, -0.2) is 25.2 Å². The molecule has 1 N–H and O–H groups in total. The number of amides is 1. The minimum Gasteiger partial charge on any atom is -0.351 e. The number of rotatable bonds is 4. The van der Waals surface area contributed by atoms with E-state index in [2.05, 4.69) is 29.2 Å². The largest absolute Gasteiger partial charge is 0.351 e. The smallest absolute Gasteiger partial charge is 0.253 e. The molecular formula is C15H23N5O. The van der Waals surface area contributed by atoms with Crippen LogP contribution in [0.4, 0.5) is 0 Å². The lowest BCUT2D eigenvalue weighted by Crippen LogP contribution is -2.33. The first-order chi connectivity index (χ1) is 9.82. The van der Waals surface area contributed by atoms with Crippen LogP contribution >= 0.6 is 0 Å². The maximum atomic E-state index is 12.6. The molecule has 0 aromatic carbocycles. The van der Waals surface area contributed by atoms with Gasteiger partial charge in [0.25, 0.3) is 5.91 Å². The first-order valence-electron chi connectivity index (χ1n) is 7.10. The van der Waals surface area contributed by atoms with Crippen LogP contribution in [0.2, 0.25) is 0 Å². The Hall–Kier alpha value is -2.11. The summed E-state index contributed by atoms with van der Waals surface area (Å²) in [5.41, 5.74) is 2.74. The Balaban J connectivity index is 2.27. The molecule has 1 unspecified atom stereocenters. The van der Waals surface area contributed by atoms with E-state index >= 15 is 0 Å². The van der Waals surface area contributed by atoms with Gasteiger partial charge in [-0.25, -0.2) is 4.98 Å². The molecule has 1 amide bonds. The Morgan fingerprint density at radius 1 is 1.29 bits per heavy atom. The molecule has 1 atom stereocenters. The van der Waals surface area contributed by atoms with Gasteiger partial charge in [0.05, 0.1) is 11.6 Å². The third-order valence-electron chi connectivity index (χ3n) is 4.00. The second-order valence-corrected chi connectivity index (χ2v) is 5.78. The molecular weight excluding hydrogens is 266 g/mol. The van der Waals surface area contributed by atoms with E-state index in [1.54, 1.807) is 4.68 Å². The van der Waals surface area contributed by atoms with Crippen LogP contribution < -0.4 is 5.32 Å². The SMILES string of the molecule is Cc1cc(C(=O)NC(c2ncnn2C)C(C)C)c(C)n1C. The predicted molar refractivity (Wildman–Crippen MR) is 80.9 cm³/mol. The number of hydrogen-bond donors (Lipinski definition) is 1. The van der Waals surface area contributed by atoms with Crippen LogP contribution in [0.3, 0.4) is 0 Å². The normalized spacial score (nSPS) is 12.7. The average molecular weight is 289 g/mol. The molecule has 0 spiro atoms. The number of nitrogens with one attached hydrogen (secondary N) is 1. The van der Waals surface area contributed by atoms with Crippen molar-refractivity contribution < 1.29 is 4.79 Å². The first-order valence-corrected chi connectivity index (χ1v) is 7.10. The Labute approximate surface area is 125 Å². The third-order valence-corrected chi connectivity index (χ3v) is 4.00. The zero-order valence-corrected chi connectivity index (χ0v) is 13.5. The molecule has 2 rings (SSSR count). The van der Waals surface area contributed by atoms with E-state index in [0.29, 0.717) is 5.56 Å². The number of carbonyl (C=O) groups is 1. The number of hydrogen-bond acceptors (Lipinski definition) is 3. The van der Waals surface area contributed by atoms with Gasteiger partial charge >= 0.3 is 0 Å². The van der Waals surface area contributed by atoms with Gasteiger partial charge in [-0.1, -0.05) is 13.8 Å². The Morgan fingerprint density at radius 3 is 2.38 bits per heavy atom. The molecule has 6 nitrogen and oxygen atoms in total. The molecule has 0 aliphatic heterocycles. The lowest BCUT2D eigenvalue weighted by Gasteiger charge is -2.21. The Bertz CT molecular complexity index is 653. The topological polar surface area (TPSA) is 64.7 Å². The lowest BCUT2D eigenvalue weighted by molar-refractivity contribution is 0.0921. The van der Waals surface area contributed by atoms with Gasteiger partial charge in [-0.2, -0.15) is 5.10 Å². The van der Waals surface area contributed by atoms with Gasteiger partial charge in [0, 0.05) is 25.5 Å². The number of nitrogens with zero attached hydrogens (tertiary/aromatic N) is 4. The van der Waals surface area contributed by atoms with Crippen molar-refractivity contribution in [3.63, 3.8) is 0 Å². The summed E-state index contributed by atoms with van der Waals surface area (Å²) in [5, 5.41) is 7.17. The third kappa shape index (κ3) is 2.84. The van der Waals surface area contributed by atoms with Crippen molar-refractivity contribution in [1.82, 2.24) is 24.6 Å². The average Bonchev–Trinajstić information content (AvgIpc) is 2.95. The zero-order chi connectivity index (χ0) is 15.7. The van der Waals surface area contributed by atoms with Crippen LogP contribution in [0, 0.1) is 19.8 Å². The fraction of sp³-hybridized carbons (Fsp3) is 0.533. The van der Waals surface area contributed by atoms with Crippen LogP contribution in [-0.2, 0) is 14.1 Å². The van der Waals surface area contributed by atoms with Gasteiger partial charge in [-0.3, -0.25) is 9.48 Å². The highest BCUT2D eigenvalue weighted by Gasteiger charge is 2.24. The number of aromatic nitrogens is 4. The zero-order valence-electron chi connectivity index (χ0n) is 13.5. The lowest BCUT2D eigenvalue weighted by atomic mass is 10.0. The summed E-state index contributed by atoms with van der Waals surface area (Å²) < 4.78 is 3.72. The molecule has 0 saturated carbocycles. The van der Waals surface area contributed by atoms with Crippen molar-refractivity contribution in [3.8, 4) is 0 Å². The van der Waals surface area contributed by atoms with E-state index in [9.17, 15) is 4.79 Å². The van der Waals surface area contributed by atoms with Crippen molar-refractivity contribution in [2.75, 3.05) is 0 Å². The highest BCUT2D eigenvalue weighted by Crippen LogP contribution is 2.21. The fourth-order valence-electron chi connectivity index (χ4n) is 2.42. The molecule has 114 valence electrons. The highest BCUT2D eigenvalue weighted by molar-refractivity contribution is 5.95. The minimum absolute atomic E-state index is 0.0714. The van der Waals surface area contributed by atoms with Crippen LogP contribution in [0.1, 0.15) is 47.5 Å². The van der Waals surface area contributed by atoms with Gasteiger partial charge in [-0.15, -0.1) is 0 Å². The van der Waals surface area contributed by atoms with Crippen LogP contribution in [0.25, 0.3) is 0 Å². The second-order valence-electron chi connectivity index (χ2n) is 5.78.